The van der Waals surface area contributed by atoms with Gasteiger partial charge in [-0.2, -0.15) is 0 Å². The zero-order valence-corrected chi connectivity index (χ0v) is 12.6. The lowest BCUT2D eigenvalue weighted by molar-refractivity contribution is -0.141. The van der Waals surface area contributed by atoms with E-state index >= 15 is 0 Å². The first-order valence-corrected chi connectivity index (χ1v) is 6.43. The highest BCUT2D eigenvalue weighted by Crippen LogP contribution is 2.22. The van der Waals surface area contributed by atoms with E-state index in [1.807, 2.05) is 26.8 Å². The van der Waals surface area contributed by atoms with Gasteiger partial charge in [-0.15, -0.1) is 0 Å². The van der Waals surface area contributed by atoms with Crippen LogP contribution < -0.4 is 4.74 Å². The summed E-state index contributed by atoms with van der Waals surface area (Å²) in [6.45, 7) is 5.52. The monoisotopic (exact) mass is 279 g/mol. The molecule has 1 rings (SSSR count). The van der Waals surface area contributed by atoms with Gasteiger partial charge in [0, 0.05) is 6.04 Å². The fourth-order valence-corrected chi connectivity index (χ4v) is 1.84. The lowest BCUT2D eigenvalue weighted by atomic mass is 10.1. The van der Waals surface area contributed by atoms with Gasteiger partial charge in [-0.05, 0) is 32.9 Å². The van der Waals surface area contributed by atoms with Gasteiger partial charge in [-0.25, -0.2) is 0 Å². The Morgan fingerprint density at radius 1 is 1.25 bits per heavy atom. The van der Waals surface area contributed by atoms with Crippen LogP contribution in [0, 0.1) is 6.92 Å². The third-order valence-electron chi connectivity index (χ3n) is 3.00. The predicted molar refractivity (Wildman–Crippen MR) is 75.9 cm³/mol. The van der Waals surface area contributed by atoms with E-state index in [1.165, 1.54) is 19.1 Å². The van der Waals surface area contributed by atoms with Crippen LogP contribution in [0.15, 0.2) is 18.2 Å². The molecule has 0 atom stereocenters. The first-order valence-electron chi connectivity index (χ1n) is 6.43. The number of carbonyl (C=O) groups is 2. The second-order valence-electron chi connectivity index (χ2n) is 4.81. The molecule has 1 amide bonds. The smallest absolute Gasteiger partial charge is 0.325 e. The van der Waals surface area contributed by atoms with Crippen molar-refractivity contribution in [2.45, 2.75) is 26.8 Å². The van der Waals surface area contributed by atoms with Gasteiger partial charge in [-0.3, -0.25) is 9.59 Å². The van der Waals surface area contributed by atoms with Gasteiger partial charge in [0.25, 0.3) is 5.91 Å². The molecule has 0 aliphatic heterocycles. The molecule has 0 fully saturated rings. The Bertz CT molecular complexity index is 497. The topological polar surface area (TPSA) is 55.8 Å². The second kappa shape index (κ2) is 6.93. The van der Waals surface area contributed by atoms with Crippen molar-refractivity contribution in [2.24, 2.45) is 0 Å². The standard InChI is InChI=1S/C15H21NO4/c1-10(2)16(9-14(17)20-5)15(18)12-8-11(3)6-7-13(12)19-4/h6-8,10H,9H2,1-5H3. The molecule has 0 radical (unpaired) electrons. The number of benzene rings is 1. The maximum Gasteiger partial charge on any atom is 0.325 e. The van der Waals surface area contributed by atoms with E-state index in [2.05, 4.69) is 4.74 Å². The first-order chi connectivity index (χ1) is 9.40. The van der Waals surface area contributed by atoms with E-state index < -0.39 is 5.97 Å². The fourth-order valence-electron chi connectivity index (χ4n) is 1.84. The van der Waals surface area contributed by atoms with E-state index in [4.69, 9.17) is 4.74 Å². The number of amides is 1. The average molecular weight is 279 g/mol. The summed E-state index contributed by atoms with van der Waals surface area (Å²) in [6, 6.07) is 5.26. The molecule has 0 heterocycles. The van der Waals surface area contributed by atoms with Gasteiger partial charge in [0.1, 0.15) is 12.3 Å². The molecule has 20 heavy (non-hydrogen) atoms. The molecule has 110 valence electrons. The Hall–Kier alpha value is -2.04. The van der Waals surface area contributed by atoms with Crippen LogP contribution in [0.25, 0.3) is 0 Å². The van der Waals surface area contributed by atoms with Crippen molar-refractivity contribution in [2.75, 3.05) is 20.8 Å². The molecular formula is C15H21NO4. The molecule has 0 unspecified atom stereocenters. The number of esters is 1. The van der Waals surface area contributed by atoms with Crippen molar-refractivity contribution in [3.8, 4) is 5.75 Å². The second-order valence-corrected chi connectivity index (χ2v) is 4.81. The van der Waals surface area contributed by atoms with Crippen LogP contribution in [0.3, 0.4) is 0 Å². The number of hydrogen-bond acceptors (Lipinski definition) is 4. The van der Waals surface area contributed by atoms with Gasteiger partial charge in [0.15, 0.2) is 0 Å². The van der Waals surface area contributed by atoms with Crippen molar-refractivity contribution < 1.29 is 19.1 Å². The van der Waals surface area contributed by atoms with Crippen molar-refractivity contribution in [1.29, 1.82) is 0 Å². The van der Waals surface area contributed by atoms with Gasteiger partial charge in [0.2, 0.25) is 0 Å². The van der Waals surface area contributed by atoms with Crippen molar-refractivity contribution in [3.05, 3.63) is 29.3 Å². The number of aryl methyl sites for hydroxylation is 1. The molecule has 0 bridgehead atoms. The normalized spacial score (nSPS) is 10.3. The van der Waals surface area contributed by atoms with Crippen LogP contribution in [0.5, 0.6) is 5.75 Å². The summed E-state index contributed by atoms with van der Waals surface area (Å²) < 4.78 is 9.85. The molecular weight excluding hydrogens is 258 g/mol. The number of hydrogen-bond donors (Lipinski definition) is 0. The number of ether oxygens (including phenoxy) is 2. The largest absolute Gasteiger partial charge is 0.496 e. The number of nitrogens with zero attached hydrogens (tertiary/aromatic N) is 1. The number of methoxy groups -OCH3 is 2. The Kier molecular flexibility index (Phi) is 5.55. The Morgan fingerprint density at radius 2 is 1.90 bits per heavy atom. The first kappa shape index (κ1) is 16.0. The predicted octanol–water partition coefficient (Wildman–Crippen LogP) is 2.03. The van der Waals surface area contributed by atoms with E-state index in [9.17, 15) is 9.59 Å². The summed E-state index contributed by atoms with van der Waals surface area (Å²) in [5.41, 5.74) is 1.40. The zero-order valence-electron chi connectivity index (χ0n) is 12.6. The number of carbonyl (C=O) groups excluding carboxylic acids is 2. The minimum atomic E-state index is -0.446. The maximum absolute atomic E-state index is 12.6. The Labute approximate surface area is 119 Å². The summed E-state index contributed by atoms with van der Waals surface area (Å²) in [7, 11) is 2.82. The highest BCUT2D eigenvalue weighted by Gasteiger charge is 2.24. The van der Waals surface area contributed by atoms with Gasteiger partial charge >= 0.3 is 5.97 Å². The molecule has 0 aromatic heterocycles. The van der Waals surface area contributed by atoms with Gasteiger partial charge in [0.05, 0.1) is 19.8 Å². The molecule has 5 nitrogen and oxygen atoms in total. The van der Waals surface area contributed by atoms with Gasteiger partial charge < -0.3 is 14.4 Å². The van der Waals surface area contributed by atoms with E-state index in [0.717, 1.165) is 5.56 Å². The van der Waals surface area contributed by atoms with Gasteiger partial charge in [-0.1, -0.05) is 11.6 Å². The third kappa shape index (κ3) is 3.73. The molecule has 0 saturated carbocycles. The quantitative estimate of drug-likeness (QED) is 0.774. The van der Waals surface area contributed by atoms with Crippen LogP contribution >= 0.6 is 0 Å². The van der Waals surface area contributed by atoms with Crippen molar-refractivity contribution in [1.82, 2.24) is 4.90 Å². The Balaban J connectivity index is 3.12. The summed E-state index contributed by atoms with van der Waals surface area (Å²) in [6.07, 6.45) is 0. The minimum Gasteiger partial charge on any atom is -0.496 e. The number of rotatable bonds is 5. The molecule has 1 aromatic carbocycles. The lowest BCUT2D eigenvalue weighted by Gasteiger charge is -2.26. The average Bonchev–Trinajstić information content (AvgIpc) is 2.43. The molecule has 0 aliphatic rings. The highest BCUT2D eigenvalue weighted by atomic mass is 16.5. The van der Waals surface area contributed by atoms with Crippen LogP contribution in [0.1, 0.15) is 29.8 Å². The molecule has 1 aromatic rings. The third-order valence-corrected chi connectivity index (χ3v) is 3.00. The fraction of sp³-hybridized carbons (Fsp3) is 0.467. The van der Waals surface area contributed by atoms with E-state index in [1.54, 1.807) is 12.1 Å². The van der Waals surface area contributed by atoms with Crippen molar-refractivity contribution >= 4 is 11.9 Å². The van der Waals surface area contributed by atoms with E-state index in [-0.39, 0.29) is 18.5 Å². The minimum absolute atomic E-state index is 0.0793. The highest BCUT2D eigenvalue weighted by molar-refractivity contribution is 5.98. The van der Waals surface area contributed by atoms with Crippen molar-refractivity contribution in [3.63, 3.8) is 0 Å². The van der Waals surface area contributed by atoms with Crippen LogP contribution in [-0.4, -0.2) is 43.6 Å². The van der Waals surface area contributed by atoms with E-state index in [0.29, 0.717) is 11.3 Å². The van der Waals surface area contributed by atoms with Crippen LogP contribution in [-0.2, 0) is 9.53 Å². The van der Waals surface area contributed by atoms with Crippen LogP contribution in [0.4, 0.5) is 0 Å². The zero-order chi connectivity index (χ0) is 15.3. The summed E-state index contributed by atoms with van der Waals surface area (Å²) in [4.78, 5) is 25.5. The summed E-state index contributed by atoms with van der Waals surface area (Å²) in [5, 5.41) is 0. The molecule has 0 saturated heterocycles. The maximum atomic E-state index is 12.6. The lowest BCUT2D eigenvalue weighted by Crippen LogP contribution is -2.41. The summed E-state index contributed by atoms with van der Waals surface area (Å²) in [5.74, 6) is -0.194. The summed E-state index contributed by atoms with van der Waals surface area (Å²) >= 11 is 0. The van der Waals surface area contributed by atoms with Crippen LogP contribution in [0.2, 0.25) is 0 Å². The molecule has 5 heteroatoms. The molecule has 0 N–H and O–H groups in total. The molecule has 0 spiro atoms. The SMILES string of the molecule is COC(=O)CN(C(=O)c1cc(C)ccc1OC)C(C)C. The Morgan fingerprint density at radius 3 is 2.40 bits per heavy atom. The molecule has 0 aliphatic carbocycles.